The molecule has 0 radical (unpaired) electrons. The molecule has 2 nitrogen and oxygen atoms in total. The van der Waals surface area contributed by atoms with E-state index in [2.05, 4.69) is 31.1 Å². The fraction of sp³-hybridized carbons (Fsp3) is 0.357. The van der Waals surface area contributed by atoms with E-state index in [4.69, 9.17) is 0 Å². The highest BCUT2D eigenvalue weighted by Crippen LogP contribution is 2.29. The zero-order valence-corrected chi connectivity index (χ0v) is 12.4. The molecule has 4 heteroatoms. The van der Waals surface area contributed by atoms with E-state index in [0.717, 1.165) is 16.3 Å². The van der Waals surface area contributed by atoms with Gasteiger partial charge in [-0.1, -0.05) is 26.8 Å². The predicted molar refractivity (Wildman–Crippen MR) is 78.5 cm³/mol. The van der Waals surface area contributed by atoms with Gasteiger partial charge in [0, 0.05) is 21.4 Å². The molecule has 96 valence electrons. The molecule has 1 heterocycles. The summed E-state index contributed by atoms with van der Waals surface area (Å²) < 4.78 is 0. The van der Waals surface area contributed by atoms with Crippen LogP contribution in [0.25, 0.3) is 0 Å². The molecule has 0 spiro atoms. The summed E-state index contributed by atoms with van der Waals surface area (Å²) in [6, 6.07) is 7.33. The van der Waals surface area contributed by atoms with Gasteiger partial charge >= 0.3 is 0 Å². The molecule has 2 aromatic rings. The zero-order chi connectivity index (χ0) is 13.2. The smallest absolute Gasteiger partial charge is 0.116 e. The van der Waals surface area contributed by atoms with Crippen molar-refractivity contribution in [2.45, 2.75) is 36.8 Å². The van der Waals surface area contributed by atoms with E-state index in [1.165, 1.54) is 5.01 Å². The average molecular weight is 279 g/mol. The molecule has 0 aliphatic heterocycles. The molecule has 1 aromatic heterocycles. The minimum Gasteiger partial charge on any atom is -0.508 e. The van der Waals surface area contributed by atoms with Crippen LogP contribution in [0, 0.1) is 0 Å². The highest BCUT2D eigenvalue weighted by Gasteiger charge is 2.17. The Morgan fingerprint density at radius 3 is 2.72 bits per heavy atom. The first-order chi connectivity index (χ1) is 8.45. The third-order valence-electron chi connectivity index (χ3n) is 2.40. The standard InChI is InChI=1S/C14H17NOS2/c1-14(2,3)13-15-10(9-18-13)8-17-12-6-4-5-11(16)7-12/h4-7,9,16H,8H2,1-3H3. The van der Waals surface area contributed by atoms with Crippen molar-refractivity contribution in [3.8, 4) is 5.75 Å². The maximum Gasteiger partial charge on any atom is 0.116 e. The molecule has 0 atom stereocenters. The number of phenolic OH excluding ortho intramolecular Hbond substituents is 1. The lowest BCUT2D eigenvalue weighted by Gasteiger charge is -2.13. The minimum absolute atomic E-state index is 0.124. The van der Waals surface area contributed by atoms with Crippen molar-refractivity contribution in [2.24, 2.45) is 0 Å². The maximum atomic E-state index is 9.39. The molecular weight excluding hydrogens is 262 g/mol. The molecule has 1 N–H and O–H groups in total. The summed E-state index contributed by atoms with van der Waals surface area (Å²) in [6.45, 7) is 6.54. The van der Waals surface area contributed by atoms with Crippen LogP contribution < -0.4 is 0 Å². The van der Waals surface area contributed by atoms with Gasteiger partial charge in [0.15, 0.2) is 0 Å². The Kier molecular flexibility index (Phi) is 3.97. The third-order valence-corrected chi connectivity index (χ3v) is 4.74. The molecule has 0 fully saturated rings. The second kappa shape index (κ2) is 5.33. The van der Waals surface area contributed by atoms with E-state index in [1.807, 2.05) is 12.1 Å². The van der Waals surface area contributed by atoms with Crippen LogP contribution in [0.3, 0.4) is 0 Å². The van der Waals surface area contributed by atoms with Gasteiger partial charge in [0.05, 0.1) is 10.7 Å². The number of hydrogen-bond acceptors (Lipinski definition) is 4. The van der Waals surface area contributed by atoms with E-state index < -0.39 is 0 Å². The van der Waals surface area contributed by atoms with E-state index in [9.17, 15) is 5.11 Å². The second-order valence-corrected chi connectivity index (χ2v) is 7.09. The largest absolute Gasteiger partial charge is 0.508 e. The van der Waals surface area contributed by atoms with Gasteiger partial charge in [0.25, 0.3) is 0 Å². The lowest BCUT2D eigenvalue weighted by atomic mass is 9.98. The molecule has 0 bridgehead atoms. The minimum atomic E-state index is 0.124. The van der Waals surface area contributed by atoms with Crippen molar-refractivity contribution in [3.05, 3.63) is 40.3 Å². The first-order valence-corrected chi connectivity index (χ1v) is 7.68. The maximum absolute atomic E-state index is 9.39. The fourth-order valence-corrected chi connectivity index (χ4v) is 3.30. The molecule has 2 rings (SSSR count). The topological polar surface area (TPSA) is 33.1 Å². The van der Waals surface area contributed by atoms with Crippen LogP contribution >= 0.6 is 23.1 Å². The molecule has 0 saturated heterocycles. The number of thiazole rings is 1. The quantitative estimate of drug-likeness (QED) is 0.843. The summed E-state index contributed by atoms with van der Waals surface area (Å²) in [6.07, 6.45) is 0. The van der Waals surface area contributed by atoms with Crippen molar-refractivity contribution < 1.29 is 5.11 Å². The Morgan fingerprint density at radius 1 is 1.33 bits per heavy atom. The van der Waals surface area contributed by atoms with Gasteiger partial charge in [-0.2, -0.15) is 0 Å². The van der Waals surface area contributed by atoms with Crippen LogP contribution in [0.4, 0.5) is 0 Å². The summed E-state index contributed by atoms with van der Waals surface area (Å²) in [5, 5.41) is 12.7. The van der Waals surface area contributed by atoms with E-state index in [0.29, 0.717) is 5.75 Å². The fourth-order valence-electron chi connectivity index (χ4n) is 1.45. The Morgan fingerprint density at radius 2 is 2.11 bits per heavy atom. The highest BCUT2D eigenvalue weighted by atomic mass is 32.2. The van der Waals surface area contributed by atoms with E-state index in [1.54, 1.807) is 35.2 Å². The number of thioether (sulfide) groups is 1. The van der Waals surface area contributed by atoms with Crippen molar-refractivity contribution >= 4 is 23.1 Å². The van der Waals surface area contributed by atoms with Crippen molar-refractivity contribution in [3.63, 3.8) is 0 Å². The van der Waals surface area contributed by atoms with Gasteiger partial charge in [-0.15, -0.1) is 23.1 Å². The Labute approximate surface area is 116 Å². The van der Waals surface area contributed by atoms with Crippen molar-refractivity contribution in [1.29, 1.82) is 0 Å². The number of nitrogens with zero attached hydrogens (tertiary/aromatic N) is 1. The molecule has 0 amide bonds. The summed E-state index contributed by atoms with van der Waals surface area (Å²) in [5.74, 6) is 1.16. The number of phenols is 1. The van der Waals surface area contributed by atoms with Crippen LogP contribution in [0.5, 0.6) is 5.75 Å². The summed E-state index contributed by atoms with van der Waals surface area (Å²) in [7, 11) is 0. The zero-order valence-electron chi connectivity index (χ0n) is 10.8. The number of rotatable bonds is 3. The Balaban J connectivity index is 2.01. The van der Waals surface area contributed by atoms with Crippen LogP contribution in [0.15, 0.2) is 34.5 Å². The third kappa shape index (κ3) is 3.50. The summed E-state index contributed by atoms with van der Waals surface area (Å²) >= 11 is 3.42. The number of hydrogen-bond donors (Lipinski definition) is 1. The van der Waals surface area contributed by atoms with Gasteiger partial charge < -0.3 is 5.11 Å². The van der Waals surface area contributed by atoms with Crippen LogP contribution in [-0.2, 0) is 11.2 Å². The van der Waals surface area contributed by atoms with Gasteiger partial charge in [0.1, 0.15) is 5.75 Å². The lowest BCUT2D eigenvalue weighted by Crippen LogP contribution is -2.10. The first-order valence-electron chi connectivity index (χ1n) is 5.82. The van der Waals surface area contributed by atoms with Crippen LogP contribution in [-0.4, -0.2) is 10.1 Å². The number of aromatic hydroxyl groups is 1. The molecule has 0 saturated carbocycles. The van der Waals surface area contributed by atoms with Crippen LogP contribution in [0.1, 0.15) is 31.5 Å². The molecular formula is C14H17NOS2. The molecule has 0 aliphatic carbocycles. The summed E-state index contributed by atoms with van der Waals surface area (Å²) in [5.41, 5.74) is 1.23. The van der Waals surface area contributed by atoms with Crippen molar-refractivity contribution in [1.82, 2.24) is 4.98 Å². The average Bonchev–Trinajstić information content (AvgIpc) is 2.74. The van der Waals surface area contributed by atoms with E-state index >= 15 is 0 Å². The Bertz CT molecular complexity index is 529. The molecule has 0 unspecified atom stereocenters. The number of aromatic nitrogens is 1. The monoisotopic (exact) mass is 279 g/mol. The van der Waals surface area contributed by atoms with Gasteiger partial charge in [-0.3, -0.25) is 0 Å². The SMILES string of the molecule is CC(C)(C)c1nc(CSc2cccc(O)c2)cs1. The second-order valence-electron chi connectivity index (χ2n) is 5.18. The molecule has 0 aliphatic rings. The van der Waals surface area contributed by atoms with Crippen LogP contribution in [0.2, 0.25) is 0 Å². The van der Waals surface area contributed by atoms with Crippen molar-refractivity contribution in [2.75, 3.05) is 0 Å². The highest BCUT2D eigenvalue weighted by molar-refractivity contribution is 7.98. The molecule has 18 heavy (non-hydrogen) atoms. The summed E-state index contributed by atoms with van der Waals surface area (Å²) in [4.78, 5) is 5.72. The molecule has 1 aromatic carbocycles. The Hall–Kier alpha value is -1.000. The normalized spacial score (nSPS) is 11.7. The predicted octanol–water partition coefficient (Wildman–Crippen LogP) is 4.44. The van der Waals surface area contributed by atoms with Gasteiger partial charge in [-0.05, 0) is 18.2 Å². The van der Waals surface area contributed by atoms with Gasteiger partial charge in [-0.25, -0.2) is 4.98 Å². The van der Waals surface area contributed by atoms with E-state index in [-0.39, 0.29) is 5.41 Å². The first kappa shape index (κ1) is 13.4. The number of benzene rings is 1. The van der Waals surface area contributed by atoms with Gasteiger partial charge in [0.2, 0.25) is 0 Å². The lowest BCUT2D eigenvalue weighted by molar-refractivity contribution is 0.474.